The third kappa shape index (κ3) is 3.11. The summed E-state index contributed by atoms with van der Waals surface area (Å²) in [5, 5.41) is 2.98. The number of anilines is 2. The maximum Gasteiger partial charge on any atom is 0.248 e. The van der Waals surface area contributed by atoms with Gasteiger partial charge in [0.2, 0.25) is 11.8 Å². The van der Waals surface area contributed by atoms with Gasteiger partial charge in [-0.1, -0.05) is 0 Å². The second-order valence-corrected chi connectivity index (χ2v) is 8.40. The molecule has 25 heavy (non-hydrogen) atoms. The number of nitrogens with one attached hydrogen (secondary N) is 1. The van der Waals surface area contributed by atoms with Crippen molar-refractivity contribution in [2.45, 2.75) is 30.7 Å². The number of nitrogens with zero attached hydrogens (tertiary/aromatic N) is 2. The molecule has 0 aromatic heterocycles. The van der Waals surface area contributed by atoms with Crippen molar-refractivity contribution in [2.24, 2.45) is 0 Å². The summed E-state index contributed by atoms with van der Waals surface area (Å²) in [5.74, 6) is 0.667. The van der Waals surface area contributed by atoms with Crippen molar-refractivity contribution < 1.29 is 14.3 Å². The maximum atomic E-state index is 12.7. The number of thioether (sulfide) groups is 1. The largest absolute Gasteiger partial charge is 0.378 e. The van der Waals surface area contributed by atoms with Gasteiger partial charge in [0.05, 0.1) is 18.1 Å². The van der Waals surface area contributed by atoms with Gasteiger partial charge in [0, 0.05) is 36.6 Å². The van der Waals surface area contributed by atoms with Crippen molar-refractivity contribution in [1.82, 2.24) is 4.90 Å². The van der Waals surface area contributed by atoms with Gasteiger partial charge >= 0.3 is 0 Å². The third-order valence-corrected chi connectivity index (χ3v) is 6.76. The molecule has 3 heterocycles. The van der Waals surface area contributed by atoms with Gasteiger partial charge in [-0.05, 0) is 37.6 Å². The molecule has 6 nitrogen and oxygen atoms in total. The predicted molar refractivity (Wildman–Crippen MR) is 98.8 cm³/mol. The summed E-state index contributed by atoms with van der Waals surface area (Å²) < 4.78 is 5.37. The Morgan fingerprint density at radius 3 is 2.72 bits per heavy atom. The van der Waals surface area contributed by atoms with Crippen molar-refractivity contribution in [1.29, 1.82) is 0 Å². The summed E-state index contributed by atoms with van der Waals surface area (Å²) >= 11 is 1.71. The fraction of sp³-hybridized carbons (Fsp3) is 0.556. The van der Waals surface area contributed by atoms with Gasteiger partial charge in [-0.2, -0.15) is 0 Å². The molecular formula is C18H23N3O3S. The Balaban J connectivity index is 1.42. The average molecular weight is 361 g/mol. The second kappa shape index (κ2) is 6.53. The van der Waals surface area contributed by atoms with Gasteiger partial charge in [0.25, 0.3) is 0 Å². The fourth-order valence-electron chi connectivity index (χ4n) is 3.82. The monoisotopic (exact) mass is 361 g/mol. The van der Waals surface area contributed by atoms with Crippen LogP contribution in [0.25, 0.3) is 0 Å². The first-order chi connectivity index (χ1) is 12.1. The van der Waals surface area contributed by atoms with E-state index < -0.39 is 0 Å². The number of fused-ring (bicyclic) bond motifs is 1. The highest BCUT2D eigenvalue weighted by molar-refractivity contribution is 8.01. The normalized spacial score (nSPS) is 29.0. The van der Waals surface area contributed by atoms with E-state index in [2.05, 4.69) is 17.1 Å². The van der Waals surface area contributed by atoms with E-state index in [9.17, 15) is 9.59 Å². The van der Waals surface area contributed by atoms with E-state index >= 15 is 0 Å². The minimum absolute atomic E-state index is 0.0920. The minimum atomic E-state index is -0.371. The predicted octanol–water partition coefficient (Wildman–Crippen LogP) is 1.92. The molecule has 0 bridgehead atoms. The van der Waals surface area contributed by atoms with Gasteiger partial charge in [-0.3, -0.25) is 9.59 Å². The Labute approximate surface area is 151 Å². The van der Waals surface area contributed by atoms with Crippen molar-refractivity contribution in [3.05, 3.63) is 24.3 Å². The average Bonchev–Trinajstić information content (AvgIpc) is 3.13. The van der Waals surface area contributed by atoms with Crippen molar-refractivity contribution in [2.75, 3.05) is 42.3 Å². The number of benzene rings is 1. The molecule has 3 aliphatic rings. The first-order valence-electron chi connectivity index (χ1n) is 8.77. The van der Waals surface area contributed by atoms with Crippen LogP contribution < -0.4 is 10.2 Å². The molecule has 7 heteroatoms. The van der Waals surface area contributed by atoms with Crippen LogP contribution in [-0.2, 0) is 14.3 Å². The van der Waals surface area contributed by atoms with E-state index in [-0.39, 0.29) is 22.7 Å². The van der Waals surface area contributed by atoms with Gasteiger partial charge < -0.3 is 19.9 Å². The Morgan fingerprint density at radius 2 is 2.00 bits per heavy atom. The van der Waals surface area contributed by atoms with Crippen LogP contribution >= 0.6 is 11.8 Å². The van der Waals surface area contributed by atoms with Gasteiger partial charge in [0.1, 0.15) is 6.04 Å². The topological polar surface area (TPSA) is 61.9 Å². The minimum Gasteiger partial charge on any atom is -0.378 e. The summed E-state index contributed by atoms with van der Waals surface area (Å²) in [5.41, 5.74) is 1.91. The molecular weight excluding hydrogens is 338 g/mol. The van der Waals surface area contributed by atoms with Gasteiger partial charge in [0.15, 0.2) is 0 Å². The SMILES string of the molecule is C[C@]12CCC(=O)N1[C@@H](C(=O)Nc1ccc(N3CCOCC3)cc1)CS2. The Hall–Kier alpha value is -1.73. The number of hydrogen-bond donors (Lipinski definition) is 1. The second-order valence-electron chi connectivity index (χ2n) is 6.90. The van der Waals surface area contributed by atoms with Crippen molar-refractivity contribution in [3.63, 3.8) is 0 Å². The quantitative estimate of drug-likeness (QED) is 0.891. The molecule has 0 unspecified atom stereocenters. The number of rotatable bonds is 3. The summed E-state index contributed by atoms with van der Waals surface area (Å²) in [7, 11) is 0. The van der Waals surface area contributed by atoms with Crippen molar-refractivity contribution in [3.8, 4) is 0 Å². The number of ether oxygens (including phenoxy) is 1. The Kier molecular flexibility index (Phi) is 4.37. The van der Waals surface area contributed by atoms with E-state index in [1.807, 2.05) is 24.3 Å². The third-order valence-electron chi connectivity index (χ3n) is 5.26. The molecule has 2 atom stereocenters. The molecule has 3 aliphatic heterocycles. The molecule has 134 valence electrons. The Morgan fingerprint density at radius 1 is 1.28 bits per heavy atom. The van der Waals surface area contributed by atoms with E-state index in [0.29, 0.717) is 12.2 Å². The van der Waals surface area contributed by atoms with E-state index in [1.54, 1.807) is 16.7 Å². The molecule has 0 spiro atoms. The summed E-state index contributed by atoms with van der Waals surface area (Å²) in [4.78, 5) is 28.7. The highest BCUT2D eigenvalue weighted by atomic mass is 32.2. The molecule has 4 rings (SSSR count). The highest BCUT2D eigenvalue weighted by Gasteiger charge is 2.52. The van der Waals surface area contributed by atoms with Crippen LogP contribution in [-0.4, -0.2) is 59.7 Å². The highest BCUT2D eigenvalue weighted by Crippen LogP contribution is 2.47. The molecule has 3 saturated heterocycles. The standard InChI is InChI=1S/C18H23N3O3S/c1-18-7-6-16(22)21(18)15(12-25-18)17(23)19-13-2-4-14(5-3-13)20-8-10-24-11-9-20/h2-5,15H,6-12H2,1H3,(H,19,23)/t15-,18+/m1/s1. The molecule has 1 aromatic carbocycles. The molecule has 0 saturated carbocycles. The summed E-state index contributed by atoms with van der Waals surface area (Å²) in [6.07, 6.45) is 1.37. The van der Waals surface area contributed by atoms with Gasteiger partial charge in [-0.15, -0.1) is 11.8 Å². The number of carbonyl (C=O) groups is 2. The van der Waals surface area contributed by atoms with Crippen LogP contribution in [0.1, 0.15) is 19.8 Å². The smallest absolute Gasteiger partial charge is 0.248 e. The zero-order valence-electron chi connectivity index (χ0n) is 14.4. The van der Waals surface area contributed by atoms with E-state index in [0.717, 1.165) is 44.1 Å². The molecule has 1 aromatic rings. The fourth-order valence-corrected chi connectivity index (χ4v) is 5.25. The number of morpholine rings is 1. The van der Waals surface area contributed by atoms with E-state index in [1.165, 1.54) is 0 Å². The molecule has 2 amide bonds. The van der Waals surface area contributed by atoms with Crippen LogP contribution in [0.4, 0.5) is 11.4 Å². The number of carbonyl (C=O) groups excluding carboxylic acids is 2. The molecule has 0 aliphatic carbocycles. The first-order valence-corrected chi connectivity index (χ1v) is 9.75. The van der Waals surface area contributed by atoms with E-state index in [4.69, 9.17) is 4.74 Å². The van der Waals surface area contributed by atoms with Crippen LogP contribution in [0, 0.1) is 0 Å². The number of hydrogen-bond acceptors (Lipinski definition) is 5. The molecule has 0 radical (unpaired) electrons. The number of amides is 2. The van der Waals surface area contributed by atoms with Crippen LogP contribution in [0.15, 0.2) is 24.3 Å². The first kappa shape index (κ1) is 16.7. The molecule has 3 fully saturated rings. The summed E-state index contributed by atoms with van der Waals surface area (Å²) in [6, 6.07) is 7.53. The van der Waals surface area contributed by atoms with Crippen LogP contribution in [0.3, 0.4) is 0 Å². The lowest BCUT2D eigenvalue weighted by Gasteiger charge is -2.30. The molecule has 1 N–H and O–H groups in total. The lowest BCUT2D eigenvalue weighted by Crippen LogP contribution is -2.48. The van der Waals surface area contributed by atoms with Crippen LogP contribution in [0.5, 0.6) is 0 Å². The zero-order valence-corrected chi connectivity index (χ0v) is 15.2. The lowest BCUT2D eigenvalue weighted by atomic mass is 10.2. The zero-order chi connectivity index (χ0) is 17.4. The van der Waals surface area contributed by atoms with Gasteiger partial charge in [-0.25, -0.2) is 0 Å². The van der Waals surface area contributed by atoms with Crippen molar-refractivity contribution >= 4 is 35.0 Å². The maximum absolute atomic E-state index is 12.7. The Bertz CT molecular complexity index is 675. The van der Waals surface area contributed by atoms with Crippen LogP contribution in [0.2, 0.25) is 0 Å². The lowest BCUT2D eigenvalue weighted by molar-refractivity contribution is -0.135. The summed E-state index contributed by atoms with van der Waals surface area (Å²) in [6.45, 7) is 5.34.